The molecule has 1 aromatic carbocycles. The first-order chi connectivity index (χ1) is 8.59. The normalized spacial score (nSPS) is 13.2. The third-order valence-corrected chi connectivity index (χ3v) is 3.37. The van der Waals surface area contributed by atoms with Gasteiger partial charge in [-0.3, -0.25) is 0 Å². The van der Waals surface area contributed by atoms with Crippen LogP contribution in [0.1, 0.15) is 44.7 Å². The summed E-state index contributed by atoms with van der Waals surface area (Å²) in [4.78, 5) is 2.41. The summed E-state index contributed by atoms with van der Waals surface area (Å²) < 4.78 is 0. The monoisotopic (exact) mass is 248 g/mol. The molecular weight excluding hydrogens is 220 g/mol. The quantitative estimate of drug-likeness (QED) is 0.763. The van der Waals surface area contributed by atoms with Crippen molar-refractivity contribution in [3.8, 4) is 0 Å². The van der Waals surface area contributed by atoms with E-state index in [1.807, 2.05) is 6.07 Å². The summed E-state index contributed by atoms with van der Waals surface area (Å²) in [7, 11) is 2.20. The molecular formula is C16H28N2. The molecule has 2 N–H and O–H groups in total. The number of hydrogen-bond acceptors (Lipinski definition) is 2. The average molecular weight is 248 g/mol. The van der Waals surface area contributed by atoms with Crippen molar-refractivity contribution < 1.29 is 0 Å². The maximum atomic E-state index is 6.18. The Morgan fingerprint density at radius 2 is 1.72 bits per heavy atom. The minimum absolute atomic E-state index is 0.185. The smallest absolute Gasteiger partial charge is 0.0295 e. The molecule has 0 radical (unpaired) electrons. The lowest BCUT2D eigenvalue weighted by Gasteiger charge is -2.19. The number of nitrogens with two attached hydrogens (primary N) is 1. The van der Waals surface area contributed by atoms with Gasteiger partial charge in [0.1, 0.15) is 0 Å². The molecule has 0 amide bonds. The lowest BCUT2D eigenvalue weighted by Crippen LogP contribution is -2.23. The van der Waals surface area contributed by atoms with E-state index in [-0.39, 0.29) is 6.04 Å². The first-order valence-corrected chi connectivity index (χ1v) is 7.08. The third kappa shape index (κ3) is 6.18. The Bertz CT molecular complexity index is 308. The fourth-order valence-electron chi connectivity index (χ4n) is 2.04. The SMILES string of the molecule is CC(C)CCN(C)CCCC(N)c1ccccc1. The first-order valence-electron chi connectivity index (χ1n) is 7.08. The van der Waals surface area contributed by atoms with Crippen LogP contribution in [0.15, 0.2) is 30.3 Å². The zero-order chi connectivity index (χ0) is 13.4. The van der Waals surface area contributed by atoms with Crippen molar-refractivity contribution in [2.45, 2.75) is 39.2 Å². The first kappa shape index (κ1) is 15.2. The molecule has 0 saturated heterocycles. The second-order valence-corrected chi connectivity index (χ2v) is 5.65. The van der Waals surface area contributed by atoms with Crippen LogP contribution >= 0.6 is 0 Å². The van der Waals surface area contributed by atoms with Crippen molar-refractivity contribution in [3.63, 3.8) is 0 Å². The van der Waals surface area contributed by atoms with E-state index in [0.29, 0.717) is 0 Å². The summed E-state index contributed by atoms with van der Waals surface area (Å²) in [6.45, 7) is 6.89. The van der Waals surface area contributed by atoms with Crippen LogP contribution in [0, 0.1) is 5.92 Å². The third-order valence-electron chi connectivity index (χ3n) is 3.37. The van der Waals surface area contributed by atoms with Crippen molar-refractivity contribution in [3.05, 3.63) is 35.9 Å². The van der Waals surface area contributed by atoms with Crippen LogP contribution in [0.2, 0.25) is 0 Å². The molecule has 0 bridgehead atoms. The van der Waals surface area contributed by atoms with Crippen LogP contribution in [0.5, 0.6) is 0 Å². The second-order valence-electron chi connectivity index (χ2n) is 5.65. The lowest BCUT2D eigenvalue weighted by molar-refractivity contribution is 0.300. The maximum absolute atomic E-state index is 6.18. The highest BCUT2D eigenvalue weighted by atomic mass is 15.1. The molecule has 0 aromatic heterocycles. The van der Waals surface area contributed by atoms with Crippen LogP contribution in [0.3, 0.4) is 0 Å². The summed E-state index contributed by atoms with van der Waals surface area (Å²) >= 11 is 0. The van der Waals surface area contributed by atoms with Crippen molar-refractivity contribution in [1.82, 2.24) is 4.90 Å². The van der Waals surface area contributed by atoms with E-state index in [0.717, 1.165) is 18.9 Å². The summed E-state index contributed by atoms with van der Waals surface area (Å²) in [6.07, 6.45) is 3.52. The molecule has 0 saturated carbocycles. The standard InChI is InChI=1S/C16H28N2/c1-14(2)11-13-18(3)12-7-10-16(17)15-8-5-4-6-9-15/h4-6,8-9,14,16H,7,10-13,17H2,1-3H3. The van der Waals surface area contributed by atoms with Gasteiger partial charge < -0.3 is 10.6 Å². The number of rotatable bonds is 8. The molecule has 0 aliphatic heterocycles. The van der Waals surface area contributed by atoms with E-state index >= 15 is 0 Å². The van der Waals surface area contributed by atoms with Crippen LogP contribution in [0.25, 0.3) is 0 Å². The fraction of sp³-hybridized carbons (Fsp3) is 0.625. The molecule has 18 heavy (non-hydrogen) atoms. The molecule has 0 aliphatic carbocycles. The fourth-order valence-corrected chi connectivity index (χ4v) is 2.04. The van der Waals surface area contributed by atoms with E-state index in [2.05, 4.69) is 50.1 Å². The molecule has 0 aliphatic rings. The highest BCUT2D eigenvalue weighted by Crippen LogP contribution is 2.15. The van der Waals surface area contributed by atoms with Gasteiger partial charge in [0.15, 0.2) is 0 Å². The summed E-state index contributed by atoms with van der Waals surface area (Å²) in [5.41, 5.74) is 7.44. The Morgan fingerprint density at radius 3 is 2.33 bits per heavy atom. The Hall–Kier alpha value is -0.860. The summed E-state index contributed by atoms with van der Waals surface area (Å²) in [5.74, 6) is 0.791. The highest BCUT2D eigenvalue weighted by molar-refractivity contribution is 5.18. The van der Waals surface area contributed by atoms with Gasteiger partial charge in [-0.15, -0.1) is 0 Å². The van der Waals surface area contributed by atoms with E-state index in [9.17, 15) is 0 Å². The molecule has 0 fully saturated rings. The topological polar surface area (TPSA) is 29.3 Å². The van der Waals surface area contributed by atoms with Gasteiger partial charge in [-0.1, -0.05) is 44.2 Å². The van der Waals surface area contributed by atoms with Gasteiger partial charge in [0, 0.05) is 6.04 Å². The lowest BCUT2D eigenvalue weighted by atomic mass is 10.0. The average Bonchev–Trinajstić information content (AvgIpc) is 2.37. The Morgan fingerprint density at radius 1 is 1.06 bits per heavy atom. The van der Waals surface area contributed by atoms with Gasteiger partial charge in [-0.05, 0) is 50.9 Å². The minimum Gasteiger partial charge on any atom is -0.324 e. The Kier molecular flexibility index (Phi) is 6.99. The molecule has 2 nitrogen and oxygen atoms in total. The van der Waals surface area contributed by atoms with Crippen LogP contribution in [-0.4, -0.2) is 25.0 Å². The Balaban J connectivity index is 2.17. The van der Waals surface area contributed by atoms with Crippen LogP contribution < -0.4 is 5.73 Å². The zero-order valence-electron chi connectivity index (χ0n) is 12.1. The highest BCUT2D eigenvalue weighted by Gasteiger charge is 2.06. The van der Waals surface area contributed by atoms with Gasteiger partial charge in [-0.2, -0.15) is 0 Å². The molecule has 102 valence electrons. The van der Waals surface area contributed by atoms with Crippen molar-refractivity contribution >= 4 is 0 Å². The molecule has 1 atom stereocenters. The van der Waals surface area contributed by atoms with Crippen LogP contribution in [0.4, 0.5) is 0 Å². The van der Waals surface area contributed by atoms with E-state index in [4.69, 9.17) is 5.73 Å². The number of benzene rings is 1. The van der Waals surface area contributed by atoms with Crippen molar-refractivity contribution in [2.24, 2.45) is 11.7 Å². The predicted octanol–water partition coefficient (Wildman–Crippen LogP) is 3.44. The largest absolute Gasteiger partial charge is 0.324 e. The molecule has 1 rings (SSSR count). The maximum Gasteiger partial charge on any atom is 0.0295 e. The van der Waals surface area contributed by atoms with E-state index < -0.39 is 0 Å². The number of nitrogens with zero attached hydrogens (tertiary/aromatic N) is 1. The van der Waals surface area contributed by atoms with E-state index in [1.54, 1.807) is 0 Å². The zero-order valence-corrected chi connectivity index (χ0v) is 12.1. The molecule has 0 spiro atoms. The summed E-state index contributed by atoms with van der Waals surface area (Å²) in [6, 6.07) is 10.6. The molecule has 2 heteroatoms. The van der Waals surface area contributed by atoms with Gasteiger partial charge in [-0.25, -0.2) is 0 Å². The van der Waals surface area contributed by atoms with Crippen molar-refractivity contribution in [1.29, 1.82) is 0 Å². The van der Waals surface area contributed by atoms with Crippen LogP contribution in [-0.2, 0) is 0 Å². The van der Waals surface area contributed by atoms with E-state index in [1.165, 1.54) is 24.9 Å². The van der Waals surface area contributed by atoms with Crippen molar-refractivity contribution in [2.75, 3.05) is 20.1 Å². The number of hydrogen-bond donors (Lipinski definition) is 1. The minimum atomic E-state index is 0.185. The summed E-state index contributed by atoms with van der Waals surface area (Å²) in [5, 5.41) is 0. The molecule has 1 aromatic rings. The van der Waals surface area contributed by atoms with Gasteiger partial charge in [0.05, 0.1) is 0 Å². The van der Waals surface area contributed by atoms with Gasteiger partial charge in [0.2, 0.25) is 0 Å². The van der Waals surface area contributed by atoms with Gasteiger partial charge >= 0.3 is 0 Å². The molecule has 1 unspecified atom stereocenters. The predicted molar refractivity (Wildman–Crippen MR) is 79.6 cm³/mol. The second kappa shape index (κ2) is 8.28. The molecule has 0 heterocycles. The van der Waals surface area contributed by atoms with Gasteiger partial charge in [0.25, 0.3) is 0 Å². The Labute approximate surface area is 112 Å².